The van der Waals surface area contributed by atoms with Gasteiger partial charge in [-0.2, -0.15) is 0 Å². The number of hydrogen-bond donors (Lipinski definition) is 2. The Morgan fingerprint density at radius 1 is 1.29 bits per heavy atom. The number of ether oxygens (including phenoxy) is 1. The van der Waals surface area contributed by atoms with Gasteiger partial charge >= 0.3 is 0 Å². The van der Waals surface area contributed by atoms with Crippen molar-refractivity contribution in [3.63, 3.8) is 0 Å². The summed E-state index contributed by atoms with van der Waals surface area (Å²) >= 11 is 0. The van der Waals surface area contributed by atoms with E-state index in [4.69, 9.17) is 16.3 Å². The fourth-order valence-electron chi connectivity index (χ4n) is 2.26. The fourth-order valence-corrected chi connectivity index (χ4v) is 2.26. The van der Waals surface area contributed by atoms with Gasteiger partial charge in [-0.25, -0.2) is 9.66 Å². The molecule has 5 nitrogen and oxygen atoms in total. The molecule has 0 radical (unpaired) electrons. The van der Waals surface area contributed by atoms with Crippen LogP contribution in [0.2, 0.25) is 0 Å². The first kappa shape index (κ1) is 12.2. The van der Waals surface area contributed by atoms with Gasteiger partial charge in [0.1, 0.15) is 11.6 Å². The van der Waals surface area contributed by atoms with Crippen LogP contribution in [-0.2, 0) is 10.2 Å². The van der Waals surface area contributed by atoms with E-state index in [1.165, 1.54) is 4.68 Å². The van der Waals surface area contributed by atoms with E-state index < -0.39 is 0 Å². The van der Waals surface area contributed by atoms with Gasteiger partial charge in [-0.05, 0) is 12.8 Å². The number of rotatable bonds is 1. The zero-order valence-corrected chi connectivity index (χ0v) is 10.9. The summed E-state index contributed by atoms with van der Waals surface area (Å²) in [4.78, 5) is 4.66. The zero-order valence-electron chi connectivity index (χ0n) is 10.9. The second-order valence-electron chi connectivity index (χ2n) is 5.71. The Bertz CT molecular complexity index is 399. The molecule has 1 aliphatic heterocycles. The number of aromatic nitrogens is 2. The van der Waals surface area contributed by atoms with E-state index in [1.807, 2.05) is 0 Å². The van der Waals surface area contributed by atoms with Gasteiger partial charge in [0.2, 0.25) is 0 Å². The Kier molecular flexibility index (Phi) is 3.03. The van der Waals surface area contributed by atoms with Gasteiger partial charge in [0.05, 0.1) is 5.69 Å². The molecule has 1 aliphatic rings. The van der Waals surface area contributed by atoms with Crippen LogP contribution in [0.3, 0.4) is 0 Å². The van der Waals surface area contributed by atoms with E-state index in [0.29, 0.717) is 11.7 Å². The highest BCUT2D eigenvalue weighted by molar-refractivity contribution is 5.42. The third kappa shape index (κ3) is 2.24. The molecule has 0 saturated carbocycles. The zero-order chi connectivity index (χ0) is 12.6. The molecule has 0 spiro atoms. The van der Waals surface area contributed by atoms with Gasteiger partial charge in [0, 0.05) is 24.5 Å². The van der Waals surface area contributed by atoms with Gasteiger partial charge in [-0.3, -0.25) is 0 Å². The minimum atomic E-state index is -0.0910. The molecular formula is C12H22N4O. The normalized spacial score (nSPS) is 18.5. The second-order valence-corrected chi connectivity index (χ2v) is 5.71. The fraction of sp³-hybridized carbons (Fsp3) is 0.750. The molecule has 0 atom stereocenters. The molecule has 17 heavy (non-hydrogen) atoms. The van der Waals surface area contributed by atoms with Crippen molar-refractivity contribution in [2.75, 3.05) is 24.8 Å². The average Bonchev–Trinajstić information content (AvgIpc) is 2.57. The summed E-state index contributed by atoms with van der Waals surface area (Å²) in [5.74, 6) is 7.82. The molecule has 1 saturated heterocycles. The first-order valence-electron chi connectivity index (χ1n) is 6.12. The molecule has 0 unspecified atom stereocenters. The standard InChI is InChI=1S/C12H22N4O/c1-12(2,3)11-15-9(10(13)16(11)14)8-4-6-17-7-5-8/h8H,4-7,13-14H2,1-3H3. The Hall–Kier alpha value is -1.23. The van der Waals surface area contributed by atoms with Crippen molar-refractivity contribution >= 4 is 5.82 Å². The molecule has 4 N–H and O–H groups in total. The number of anilines is 1. The van der Waals surface area contributed by atoms with E-state index in [-0.39, 0.29) is 5.41 Å². The van der Waals surface area contributed by atoms with Crippen molar-refractivity contribution in [2.45, 2.75) is 44.9 Å². The third-order valence-corrected chi connectivity index (χ3v) is 3.26. The largest absolute Gasteiger partial charge is 0.382 e. The molecular weight excluding hydrogens is 216 g/mol. The lowest BCUT2D eigenvalue weighted by atomic mass is 9.95. The molecule has 1 aromatic heterocycles. The van der Waals surface area contributed by atoms with E-state index in [0.717, 1.165) is 37.6 Å². The summed E-state index contributed by atoms with van der Waals surface area (Å²) in [7, 11) is 0. The van der Waals surface area contributed by atoms with E-state index in [1.54, 1.807) is 0 Å². The van der Waals surface area contributed by atoms with Gasteiger partial charge in [0.25, 0.3) is 0 Å². The van der Waals surface area contributed by atoms with Crippen LogP contribution in [0.4, 0.5) is 5.82 Å². The van der Waals surface area contributed by atoms with Crippen LogP contribution in [-0.4, -0.2) is 22.9 Å². The van der Waals surface area contributed by atoms with Crippen molar-refractivity contribution in [1.29, 1.82) is 0 Å². The number of nitrogens with zero attached hydrogens (tertiary/aromatic N) is 2. The summed E-state index contributed by atoms with van der Waals surface area (Å²) in [6, 6.07) is 0. The molecule has 2 heterocycles. The third-order valence-electron chi connectivity index (χ3n) is 3.26. The lowest BCUT2D eigenvalue weighted by Gasteiger charge is -2.20. The predicted octanol–water partition coefficient (Wildman–Crippen LogP) is 1.37. The minimum absolute atomic E-state index is 0.0910. The quantitative estimate of drug-likeness (QED) is 0.724. The highest BCUT2D eigenvalue weighted by atomic mass is 16.5. The van der Waals surface area contributed by atoms with Crippen molar-refractivity contribution in [1.82, 2.24) is 9.66 Å². The van der Waals surface area contributed by atoms with Crippen molar-refractivity contribution in [3.05, 3.63) is 11.5 Å². The molecule has 0 aromatic carbocycles. The number of nitrogens with two attached hydrogens (primary N) is 2. The van der Waals surface area contributed by atoms with Crippen LogP contribution < -0.4 is 11.6 Å². The summed E-state index contributed by atoms with van der Waals surface area (Å²) in [5.41, 5.74) is 6.92. The Morgan fingerprint density at radius 2 is 1.88 bits per heavy atom. The molecule has 96 valence electrons. The molecule has 0 amide bonds. The molecule has 1 aromatic rings. The Labute approximate surface area is 102 Å². The highest BCUT2D eigenvalue weighted by Gasteiger charge is 2.28. The van der Waals surface area contributed by atoms with E-state index >= 15 is 0 Å². The van der Waals surface area contributed by atoms with Crippen LogP contribution in [0.5, 0.6) is 0 Å². The molecule has 1 fully saturated rings. The minimum Gasteiger partial charge on any atom is -0.382 e. The topological polar surface area (TPSA) is 79.1 Å². The van der Waals surface area contributed by atoms with E-state index in [9.17, 15) is 0 Å². The van der Waals surface area contributed by atoms with Crippen molar-refractivity contribution in [3.8, 4) is 0 Å². The first-order chi connectivity index (χ1) is 7.91. The lowest BCUT2D eigenvalue weighted by Crippen LogP contribution is -2.24. The molecule has 0 bridgehead atoms. The SMILES string of the molecule is CC(C)(C)c1nc(C2CCOCC2)c(N)n1N. The maximum absolute atomic E-state index is 6.07. The smallest absolute Gasteiger partial charge is 0.146 e. The van der Waals surface area contributed by atoms with Crippen molar-refractivity contribution in [2.24, 2.45) is 0 Å². The average molecular weight is 238 g/mol. The molecule has 5 heteroatoms. The Morgan fingerprint density at radius 3 is 2.35 bits per heavy atom. The lowest BCUT2D eigenvalue weighted by molar-refractivity contribution is 0.0847. The number of nitrogen functional groups attached to an aromatic ring is 2. The predicted molar refractivity (Wildman–Crippen MR) is 68.3 cm³/mol. The summed E-state index contributed by atoms with van der Waals surface area (Å²) in [6.45, 7) is 7.84. The van der Waals surface area contributed by atoms with Gasteiger partial charge < -0.3 is 16.3 Å². The van der Waals surface area contributed by atoms with Gasteiger partial charge in [0.15, 0.2) is 0 Å². The maximum Gasteiger partial charge on any atom is 0.146 e. The highest BCUT2D eigenvalue weighted by Crippen LogP contribution is 2.32. The van der Waals surface area contributed by atoms with Crippen LogP contribution in [0.25, 0.3) is 0 Å². The monoisotopic (exact) mass is 238 g/mol. The van der Waals surface area contributed by atoms with Gasteiger partial charge in [-0.15, -0.1) is 0 Å². The molecule has 0 aliphatic carbocycles. The Balaban J connectivity index is 2.35. The van der Waals surface area contributed by atoms with Crippen LogP contribution in [0, 0.1) is 0 Å². The number of imidazole rings is 1. The summed E-state index contributed by atoms with van der Waals surface area (Å²) < 4.78 is 6.89. The second kappa shape index (κ2) is 4.22. The first-order valence-corrected chi connectivity index (χ1v) is 6.12. The summed E-state index contributed by atoms with van der Waals surface area (Å²) in [6.07, 6.45) is 1.95. The van der Waals surface area contributed by atoms with Crippen LogP contribution in [0.1, 0.15) is 51.0 Å². The van der Waals surface area contributed by atoms with Crippen LogP contribution in [0.15, 0.2) is 0 Å². The van der Waals surface area contributed by atoms with Crippen molar-refractivity contribution < 1.29 is 4.74 Å². The molecule has 2 rings (SSSR count). The van der Waals surface area contributed by atoms with Crippen LogP contribution >= 0.6 is 0 Å². The van der Waals surface area contributed by atoms with Gasteiger partial charge in [-0.1, -0.05) is 20.8 Å². The summed E-state index contributed by atoms with van der Waals surface area (Å²) in [5, 5.41) is 0. The van der Waals surface area contributed by atoms with E-state index in [2.05, 4.69) is 25.8 Å². The maximum atomic E-state index is 6.07. The number of hydrogen-bond acceptors (Lipinski definition) is 4.